The van der Waals surface area contributed by atoms with Gasteiger partial charge in [0, 0.05) is 19.4 Å². The number of unbranched alkanes of at least 4 members (excludes halogenated alkanes) is 29. The van der Waals surface area contributed by atoms with Crippen LogP contribution in [-0.2, 0) is 32.7 Å². The van der Waals surface area contributed by atoms with E-state index in [1.54, 1.807) is 0 Å². The third-order valence-corrected chi connectivity index (χ3v) is 16.4. The first-order chi connectivity index (χ1) is 44.8. The zero-order chi connectivity index (χ0) is 65.8. The number of esters is 2. The molecular weight excluding hydrogens is 1150 g/mol. The fraction of sp³-hybridized carbons (Fsp3) is 0.654. The van der Waals surface area contributed by atoms with Gasteiger partial charge in [-0.3, -0.25) is 18.6 Å². The highest BCUT2D eigenvalue weighted by Crippen LogP contribution is 2.43. The van der Waals surface area contributed by atoms with Gasteiger partial charge in [0.1, 0.15) is 6.61 Å². The van der Waals surface area contributed by atoms with Crippen molar-refractivity contribution < 1.29 is 37.6 Å². The number of rotatable bonds is 68. The van der Waals surface area contributed by atoms with Gasteiger partial charge in [0.25, 0.3) is 0 Å². The van der Waals surface area contributed by atoms with Crippen molar-refractivity contribution >= 4 is 19.8 Å². The minimum atomic E-state index is -4.40. The highest BCUT2D eigenvalue weighted by atomic mass is 31.2. The molecule has 0 fully saturated rings. The van der Waals surface area contributed by atoms with Gasteiger partial charge in [-0.25, -0.2) is 4.57 Å². The fourth-order valence-electron chi connectivity index (χ4n) is 10.0. The summed E-state index contributed by atoms with van der Waals surface area (Å²) in [6.45, 7) is 3.53. The summed E-state index contributed by atoms with van der Waals surface area (Å²) in [5.41, 5.74) is 5.41. The number of ether oxygens (including phenoxy) is 2. The number of phosphoric ester groups is 1. The van der Waals surface area contributed by atoms with Crippen molar-refractivity contribution in [3.8, 4) is 0 Å². The molecule has 0 aromatic heterocycles. The van der Waals surface area contributed by atoms with Gasteiger partial charge in [-0.2, -0.15) is 0 Å². The van der Waals surface area contributed by atoms with Gasteiger partial charge in [-0.15, -0.1) is 0 Å². The van der Waals surface area contributed by atoms with Gasteiger partial charge in [-0.05, 0) is 122 Å². The molecule has 0 saturated carbocycles. The first-order valence-corrected chi connectivity index (χ1v) is 38.5. The summed E-state index contributed by atoms with van der Waals surface area (Å²) in [7, 11) is -4.40. The van der Waals surface area contributed by atoms with E-state index in [0.717, 1.165) is 122 Å². The highest BCUT2D eigenvalue weighted by molar-refractivity contribution is 7.47. The predicted octanol–water partition coefficient (Wildman–Crippen LogP) is 24.7. The van der Waals surface area contributed by atoms with E-state index < -0.39 is 26.5 Å². The van der Waals surface area contributed by atoms with Crippen LogP contribution in [-0.4, -0.2) is 49.3 Å². The van der Waals surface area contributed by atoms with Crippen LogP contribution in [0.2, 0.25) is 0 Å². The van der Waals surface area contributed by atoms with Crippen molar-refractivity contribution in [1.29, 1.82) is 0 Å². The van der Waals surface area contributed by atoms with Crippen LogP contribution in [0.3, 0.4) is 0 Å². The van der Waals surface area contributed by atoms with Crippen LogP contribution in [0.4, 0.5) is 0 Å². The maximum Gasteiger partial charge on any atom is 0.472 e. The lowest BCUT2D eigenvalue weighted by Crippen LogP contribution is -2.29. The summed E-state index contributed by atoms with van der Waals surface area (Å²) >= 11 is 0. The molecule has 0 radical (unpaired) electrons. The Labute approximate surface area is 559 Å². The van der Waals surface area contributed by atoms with E-state index in [9.17, 15) is 19.0 Å². The second kappa shape index (κ2) is 74.7. The van der Waals surface area contributed by atoms with Crippen LogP contribution < -0.4 is 5.73 Å². The molecule has 0 saturated heterocycles. The van der Waals surface area contributed by atoms with Crippen molar-refractivity contribution in [2.24, 2.45) is 5.73 Å². The van der Waals surface area contributed by atoms with E-state index in [0.29, 0.717) is 6.42 Å². The summed E-state index contributed by atoms with van der Waals surface area (Å²) < 4.78 is 33.2. The zero-order valence-electron chi connectivity index (χ0n) is 58.3. The maximum absolute atomic E-state index is 12.8. The summed E-state index contributed by atoms with van der Waals surface area (Å²) in [6.07, 6.45) is 109. The molecule has 518 valence electrons. The molecule has 0 aromatic carbocycles. The quantitative estimate of drug-likeness (QED) is 0.0264. The van der Waals surface area contributed by atoms with Gasteiger partial charge < -0.3 is 20.1 Å². The van der Waals surface area contributed by atoms with Crippen LogP contribution in [0.1, 0.15) is 309 Å². The maximum atomic E-state index is 12.8. The Bertz CT molecular complexity index is 2050. The Kier molecular flexibility index (Phi) is 71.1. The normalized spacial score (nSPS) is 13.8. The Morgan fingerprint density at radius 1 is 0.330 bits per heavy atom. The molecule has 0 heterocycles. The number of allylic oxidation sites excluding steroid dienone is 26. The van der Waals surface area contributed by atoms with E-state index in [1.807, 2.05) is 0 Å². The van der Waals surface area contributed by atoms with Crippen LogP contribution in [0.15, 0.2) is 158 Å². The van der Waals surface area contributed by atoms with Gasteiger partial charge in [-0.1, -0.05) is 332 Å². The lowest BCUT2D eigenvalue weighted by Gasteiger charge is -2.19. The van der Waals surface area contributed by atoms with Crippen molar-refractivity contribution in [3.63, 3.8) is 0 Å². The number of hydrogen-bond donors (Lipinski definition) is 2. The topological polar surface area (TPSA) is 134 Å². The summed E-state index contributed by atoms with van der Waals surface area (Å²) in [5.74, 6) is -0.827. The average Bonchev–Trinajstić information content (AvgIpc) is 3.68. The average molecular weight is 1280 g/mol. The molecule has 0 rings (SSSR count). The standard InChI is InChI=1S/C81H136NO8P/c1-3-5-7-9-11-13-15-17-19-21-23-25-27-29-31-33-35-37-39-41-43-45-47-49-51-53-55-57-59-61-63-65-67-69-71-73-80(83)87-77-79(78-89-91(85,86)88-76-75-82)90-81(84)74-72-70-68-66-64-62-60-58-56-54-52-50-48-46-44-42-40-38-36-34-32-30-28-26-24-22-20-18-16-14-12-10-8-6-4-2/h5-8,11-14,17-20,23-26,29-32,35-38,42,44,79H,3-4,9-10,15-16,21-22,27-28,33-34,39-41,43,45-78,82H2,1-2H3,(H,85,86)/b7-5-,8-6-,13-11-,14-12-,19-17-,20-18-,25-23-,26-24-,31-29-,32-30-,37-35-,38-36-,44-42-. The van der Waals surface area contributed by atoms with E-state index in [-0.39, 0.29) is 38.6 Å². The number of nitrogens with two attached hydrogens (primary N) is 1. The second-order valence-corrected chi connectivity index (χ2v) is 25.5. The Morgan fingerprint density at radius 3 is 0.846 bits per heavy atom. The van der Waals surface area contributed by atoms with E-state index >= 15 is 0 Å². The van der Waals surface area contributed by atoms with E-state index in [4.69, 9.17) is 24.3 Å². The molecule has 2 atom stereocenters. The Balaban J connectivity index is 3.89. The SMILES string of the molecule is CC/C=C\C/C=C\C/C=C\C/C=C\C/C=C\C/C=C\C/C=C\CCCCCCCCCCCCCCCC(=O)OC(COC(=O)CCCCCCCCCCCCCCCCCC/C=C\C/C=C\C/C=C\C/C=C\C/C=C\C/C=C\CC)COP(=O)(O)OCCN. The van der Waals surface area contributed by atoms with Gasteiger partial charge in [0.15, 0.2) is 6.10 Å². The first kappa shape index (κ1) is 86.6. The number of phosphoric acid groups is 1. The van der Waals surface area contributed by atoms with Gasteiger partial charge >= 0.3 is 19.8 Å². The molecule has 0 aliphatic carbocycles. The molecule has 2 unspecified atom stereocenters. The summed E-state index contributed by atoms with van der Waals surface area (Å²) in [6, 6.07) is 0. The highest BCUT2D eigenvalue weighted by Gasteiger charge is 2.26. The molecule has 0 spiro atoms. The molecule has 3 N–H and O–H groups in total. The summed E-state index contributed by atoms with van der Waals surface area (Å²) in [5, 5.41) is 0. The Morgan fingerprint density at radius 2 is 0.571 bits per heavy atom. The van der Waals surface area contributed by atoms with E-state index in [1.165, 1.54) is 154 Å². The minimum absolute atomic E-state index is 0.0479. The number of hydrogen-bond acceptors (Lipinski definition) is 8. The van der Waals surface area contributed by atoms with Crippen LogP contribution in [0, 0.1) is 0 Å². The van der Waals surface area contributed by atoms with Crippen molar-refractivity contribution in [1.82, 2.24) is 0 Å². The Hall–Kier alpha value is -4.37. The number of carbonyl (C=O) groups excluding carboxylic acids is 2. The third-order valence-electron chi connectivity index (χ3n) is 15.4. The van der Waals surface area contributed by atoms with E-state index in [2.05, 4.69) is 172 Å². The second-order valence-electron chi connectivity index (χ2n) is 24.0. The van der Waals surface area contributed by atoms with Crippen molar-refractivity contribution in [2.75, 3.05) is 26.4 Å². The molecule has 0 aromatic rings. The van der Waals surface area contributed by atoms with Gasteiger partial charge in [0.05, 0.1) is 13.2 Å². The molecule has 91 heavy (non-hydrogen) atoms. The molecular formula is C81H136NO8P. The predicted molar refractivity (Wildman–Crippen MR) is 394 cm³/mol. The largest absolute Gasteiger partial charge is 0.472 e. The van der Waals surface area contributed by atoms with Crippen LogP contribution >= 0.6 is 7.82 Å². The molecule has 9 nitrogen and oxygen atoms in total. The van der Waals surface area contributed by atoms with Gasteiger partial charge in [0.2, 0.25) is 0 Å². The minimum Gasteiger partial charge on any atom is -0.462 e. The smallest absolute Gasteiger partial charge is 0.462 e. The number of carbonyl (C=O) groups is 2. The lowest BCUT2D eigenvalue weighted by molar-refractivity contribution is -0.161. The molecule has 0 aliphatic rings. The van der Waals surface area contributed by atoms with Crippen LogP contribution in [0.5, 0.6) is 0 Å². The monoisotopic (exact) mass is 1280 g/mol. The summed E-state index contributed by atoms with van der Waals surface area (Å²) in [4.78, 5) is 35.4. The molecule has 10 heteroatoms. The molecule has 0 aliphatic heterocycles. The zero-order valence-corrected chi connectivity index (χ0v) is 59.2. The first-order valence-electron chi connectivity index (χ1n) is 37.0. The lowest BCUT2D eigenvalue weighted by atomic mass is 10.0. The third kappa shape index (κ3) is 74.5. The van der Waals surface area contributed by atoms with Crippen LogP contribution in [0.25, 0.3) is 0 Å². The fourth-order valence-corrected chi connectivity index (χ4v) is 10.8. The van der Waals surface area contributed by atoms with Crippen molar-refractivity contribution in [2.45, 2.75) is 315 Å². The molecule has 0 bridgehead atoms. The molecule has 0 amide bonds. The van der Waals surface area contributed by atoms with Crippen molar-refractivity contribution in [3.05, 3.63) is 158 Å².